The van der Waals surface area contributed by atoms with Crippen LogP contribution in [0.25, 0.3) is 0 Å². The Morgan fingerprint density at radius 3 is 2.50 bits per heavy atom. The van der Waals surface area contributed by atoms with E-state index in [0.29, 0.717) is 36.8 Å². The number of carbonyl (C=O) groups is 3. The van der Waals surface area contributed by atoms with Crippen molar-refractivity contribution in [1.29, 1.82) is 0 Å². The zero-order chi connectivity index (χ0) is 20.9. The van der Waals surface area contributed by atoms with Gasteiger partial charge in [-0.1, -0.05) is 24.3 Å². The molecule has 2 aromatic carbocycles. The number of amides is 4. The standard InChI is InChI=1S/C23H26N4O3/c28-21-5-2-12-27(21)15-17-4-1-3-16(13-17)14-24-23(30)26-20-8-6-18(7-9-20)22(29)25-19-10-11-19/h1,3-4,6-9,13,19H,2,5,10-12,14-15H2,(H,25,29)(H2,24,26,30). The summed E-state index contributed by atoms with van der Waals surface area (Å²) in [5.41, 5.74) is 3.24. The minimum atomic E-state index is -0.315. The molecule has 2 aliphatic rings. The Morgan fingerprint density at radius 1 is 1.03 bits per heavy atom. The number of anilines is 1. The largest absolute Gasteiger partial charge is 0.349 e. The Bertz CT molecular complexity index is 938. The van der Waals surface area contributed by atoms with Gasteiger partial charge in [0.05, 0.1) is 0 Å². The highest BCUT2D eigenvalue weighted by atomic mass is 16.2. The van der Waals surface area contributed by atoms with Crippen LogP contribution in [0.1, 0.15) is 47.2 Å². The summed E-state index contributed by atoms with van der Waals surface area (Å²) < 4.78 is 0. The molecule has 1 saturated heterocycles. The predicted octanol–water partition coefficient (Wildman–Crippen LogP) is 3.02. The topological polar surface area (TPSA) is 90.5 Å². The SMILES string of the molecule is O=C(NCc1cccc(CN2CCCC2=O)c1)Nc1ccc(C(=O)NC2CC2)cc1. The van der Waals surface area contributed by atoms with Gasteiger partial charge in [0.1, 0.15) is 0 Å². The van der Waals surface area contributed by atoms with Gasteiger partial charge in [0.2, 0.25) is 5.91 Å². The molecule has 0 atom stereocenters. The van der Waals surface area contributed by atoms with E-state index < -0.39 is 0 Å². The van der Waals surface area contributed by atoms with Gasteiger partial charge in [-0.25, -0.2) is 4.79 Å². The summed E-state index contributed by atoms with van der Waals surface area (Å²) in [5.74, 6) is 0.123. The Hall–Kier alpha value is -3.35. The molecule has 2 fully saturated rings. The molecule has 7 nitrogen and oxygen atoms in total. The van der Waals surface area contributed by atoms with E-state index in [-0.39, 0.29) is 17.8 Å². The van der Waals surface area contributed by atoms with Crippen LogP contribution >= 0.6 is 0 Å². The van der Waals surface area contributed by atoms with Gasteiger partial charge >= 0.3 is 6.03 Å². The van der Waals surface area contributed by atoms with E-state index in [1.165, 1.54) is 0 Å². The summed E-state index contributed by atoms with van der Waals surface area (Å²) >= 11 is 0. The third-order valence-electron chi connectivity index (χ3n) is 5.31. The van der Waals surface area contributed by atoms with Crippen molar-refractivity contribution < 1.29 is 14.4 Å². The molecule has 0 radical (unpaired) electrons. The van der Waals surface area contributed by atoms with Crippen LogP contribution in [-0.2, 0) is 17.9 Å². The Balaban J connectivity index is 1.25. The van der Waals surface area contributed by atoms with E-state index >= 15 is 0 Å². The number of hydrogen-bond donors (Lipinski definition) is 3. The number of carbonyl (C=O) groups excluding carboxylic acids is 3. The Kier molecular flexibility index (Phi) is 5.97. The maximum absolute atomic E-state index is 12.2. The van der Waals surface area contributed by atoms with E-state index in [2.05, 4.69) is 16.0 Å². The quantitative estimate of drug-likeness (QED) is 0.660. The highest BCUT2D eigenvalue weighted by Gasteiger charge is 2.23. The van der Waals surface area contributed by atoms with E-state index in [1.807, 2.05) is 29.2 Å². The molecule has 7 heteroatoms. The molecule has 1 saturated carbocycles. The molecule has 4 amide bonds. The van der Waals surface area contributed by atoms with Gasteiger partial charge in [0.25, 0.3) is 5.91 Å². The van der Waals surface area contributed by atoms with Gasteiger partial charge in [-0.05, 0) is 54.7 Å². The molecule has 4 rings (SSSR count). The van der Waals surface area contributed by atoms with Crippen molar-refractivity contribution in [3.05, 3.63) is 65.2 Å². The number of likely N-dealkylation sites (tertiary alicyclic amines) is 1. The van der Waals surface area contributed by atoms with Crippen LogP contribution < -0.4 is 16.0 Å². The summed E-state index contributed by atoms with van der Waals surface area (Å²) in [6.45, 7) is 1.81. The van der Waals surface area contributed by atoms with E-state index in [0.717, 1.165) is 36.9 Å². The Morgan fingerprint density at radius 2 is 1.80 bits per heavy atom. The molecule has 1 aliphatic heterocycles. The van der Waals surface area contributed by atoms with Crippen molar-refractivity contribution in [2.45, 2.75) is 44.8 Å². The summed E-state index contributed by atoms with van der Waals surface area (Å²) in [5, 5.41) is 8.55. The highest BCUT2D eigenvalue weighted by molar-refractivity contribution is 5.95. The molecule has 1 heterocycles. The van der Waals surface area contributed by atoms with Gasteiger partial charge in [0.15, 0.2) is 0 Å². The van der Waals surface area contributed by atoms with Crippen molar-refractivity contribution in [2.24, 2.45) is 0 Å². The zero-order valence-electron chi connectivity index (χ0n) is 16.8. The number of urea groups is 1. The number of benzene rings is 2. The summed E-state index contributed by atoms with van der Waals surface area (Å²) in [7, 11) is 0. The number of rotatable bonds is 7. The fourth-order valence-electron chi connectivity index (χ4n) is 3.49. The average molecular weight is 406 g/mol. The van der Waals surface area contributed by atoms with E-state index in [1.54, 1.807) is 24.3 Å². The first-order valence-electron chi connectivity index (χ1n) is 10.4. The van der Waals surface area contributed by atoms with Crippen molar-refractivity contribution in [3.8, 4) is 0 Å². The molecule has 0 unspecified atom stereocenters. The molecular weight excluding hydrogens is 380 g/mol. The summed E-state index contributed by atoms with van der Waals surface area (Å²) in [6, 6.07) is 14.7. The normalized spacial score (nSPS) is 15.7. The van der Waals surface area contributed by atoms with Crippen LogP contribution in [0.15, 0.2) is 48.5 Å². The van der Waals surface area contributed by atoms with Crippen molar-refractivity contribution in [1.82, 2.24) is 15.5 Å². The lowest BCUT2D eigenvalue weighted by atomic mass is 10.1. The van der Waals surface area contributed by atoms with E-state index in [4.69, 9.17) is 0 Å². The van der Waals surface area contributed by atoms with Crippen LogP contribution in [0.3, 0.4) is 0 Å². The Labute approximate surface area is 175 Å². The molecule has 0 bridgehead atoms. The molecule has 0 spiro atoms. The smallest absolute Gasteiger partial charge is 0.319 e. The molecule has 2 aromatic rings. The van der Waals surface area contributed by atoms with Crippen LogP contribution in [0.2, 0.25) is 0 Å². The average Bonchev–Trinajstić information content (AvgIpc) is 3.47. The van der Waals surface area contributed by atoms with Gasteiger partial charge in [0, 0.05) is 43.3 Å². The van der Waals surface area contributed by atoms with Gasteiger partial charge < -0.3 is 20.9 Å². The molecular formula is C23H26N4O3. The highest BCUT2D eigenvalue weighted by Crippen LogP contribution is 2.20. The molecule has 156 valence electrons. The van der Waals surface area contributed by atoms with Crippen LogP contribution in [0, 0.1) is 0 Å². The van der Waals surface area contributed by atoms with Gasteiger partial charge in [-0.15, -0.1) is 0 Å². The van der Waals surface area contributed by atoms with Crippen molar-refractivity contribution in [2.75, 3.05) is 11.9 Å². The first-order valence-corrected chi connectivity index (χ1v) is 10.4. The molecule has 3 N–H and O–H groups in total. The lowest BCUT2D eigenvalue weighted by Crippen LogP contribution is -2.28. The maximum atomic E-state index is 12.2. The van der Waals surface area contributed by atoms with Gasteiger partial charge in [-0.2, -0.15) is 0 Å². The third kappa shape index (κ3) is 5.37. The molecule has 1 aliphatic carbocycles. The van der Waals surface area contributed by atoms with Crippen molar-refractivity contribution >= 4 is 23.5 Å². The number of nitrogens with one attached hydrogen (secondary N) is 3. The minimum Gasteiger partial charge on any atom is -0.349 e. The second-order valence-electron chi connectivity index (χ2n) is 7.87. The van der Waals surface area contributed by atoms with Gasteiger partial charge in [-0.3, -0.25) is 9.59 Å². The molecule has 0 aromatic heterocycles. The van der Waals surface area contributed by atoms with E-state index in [9.17, 15) is 14.4 Å². The van der Waals surface area contributed by atoms with Crippen molar-refractivity contribution in [3.63, 3.8) is 0 Å². The lowest BCUT2D eigenvalue weighted by Gasteiger charge is -2.16. The summed E-state index contributed by atoms with van der Waals surface area (Å²) in [4.78, 5) is 37.9. The monoisotopic (exact) mass is 406 g/mol. The summed E-state index contributed by atoms with van der Waals surface area (Å²) in [6.07, 6.45) is 3.65. The fraction of sp³-hybridized carbons (Fsp3) is 0.348. The number of hydrogen-bond acceptors (Lipinski definition) is 3. The van der Waals surface area contributed by atoms with Crippen LogP contribution in [-0.4, -0.2) is 35.3 Å². The first-order chi connectivity index (χ1) is 14.6. The second-order valence-corrected chi connectivity index (χ2v) is 7.87. The number of nitrogens with zero attached hydrogens (tertiary/aromatic N) is 1. The van der Waals surface area contributed by atoms with Crippen LogP contribution in [0.5, 0.6) is 0 Å². The fourth-order valence-corrected chi connectivity index (χ4v) is 3.49. The third-order valence-corrected chi connectivity index (χ3v) is 5.31. The zero-order valence-corrected chi connectivity index (χ0v) is 16.8. The minimum absolute atomic E-state index is 0.0796. The second kappa shape index (κ2) is 8.98. The lowest BCUT2D eigenvalue weighted by molar-refractivity contribution is -0.128. The van der Waals surface area contributed by atoms with Crippen LogP contribution in [0.4, 0.5) is 10.5 Å². The first kappa shape index (κ1) is 19.9. The maximum Gasteiger partial charge on any atom is 0.319 e. The predicted molar refractivity (Wildman–Crippen MR) is 114 cm³/mol. The molecule has 30 heavy (non-hydrogen) atoms.